The first kappa shape index (κ1) is 13.8. The average Bonchev–Trinajstić information content (AvgIpc) is 2.90. The minimum atomic E-state index is 0.124. The second kappa shape index (κ2) is 6.52. The van der Waals surface area contributed by atoms with E-state index in [2.05, 4.69) is 29.1 Å². The third-order valence-corrected chi connectivity index (χ3v) is 4.04. The molecule has 0 spiro atoms. The SMILES string of the molecule is CCOc1cccnc1NC(C)c1ncc(CC)s1. The number of thiazole rings is 1. The van der Waals surface area contributed by atoms with Gasteiger partial charge in [0, 0.05) is 17.3 Å². The molecule has 2 heterocycles. The van der Waals surface area contributed by atoms with Gasteiger partial charge in [-0.1, -0.05) is 6.92 Å². The second-order valence-corrected chi connectivity index (χ2v) is 5.31. The summed E-state index contributed by atoms with van der Waals surface area (Å²) in [4.78, 5) is 10.1. The van der Waals surface area contributed by atoms with Crippen molar-refractivity contribution in [2.75, 3.05) is 11.9 Å². The van der Waals surface area contributed by atoms with Crippen molar-refractivity contribution in [1.29, 1.82) is 0 Å². The zero-order chi connectivity index (χ0) is 13.7. The summed E-state index contributed by atoms with van der Waals surface area (Å²) >= 11 is 1.74. The van der Waals surface area contributed by atoms with E-state index in [1.54, 1.807) is 17.5 Å². The maximum atomic E-state index is 5.56. The second-order valence-electron chi connectivity index (χ2n) is 4.17. The zero-order valence-electron chi connectivity index (χ0n) is 11.5. The van der Waals surface area contributed by atoms with Crippen LogP contribution in [0.5, 0.6) is 5.75 Å². The lowest BCUT2D eigenvalue weighted by Crippen LogP contribution is -2.09. The minimum Gasteiger partial charge on any atom is -0.490 e. The molecule has 1 N–H and O–H groups in total. The fourth-order valence-corrected chi connectivity index (χ4v) is 2.58. The molecule has 19 heavy (non-hydrogen) atoms. The Morgan fingerprint density at radius 3 is 2.89 bits per heavy atom. The average molecular weight is 277 g/mol. The van der Waals surface area contributed by atoms with Crippen molar-refractivity contribution < 1.29 is 4.74 Å². The summed E-state index contributed by atoms with van der Waals surface area (Å²) in [7, 11) is 0. The molecular weight excluding hydrogens is 258 g/mol. The molecule has 0 aliphatic rings. The van der Waals surface area contributed by atoms with Gasteiger partial charge in [-0.05, 0) is 32.4 Å². The maximum absolute atomic E-state index is 5.56. The van der Waals surface area contributed by atoms with Gasteiger partial charge in [-0.25, -0.2) is 9.97 Å². The molecule has 2 aromatic rings. The fourth-order valence-electron chi connectivity index (χ4n) is 1.72. The van der Waals surface area contributed by atoms with Crippen molar-refractivity contribution in [1.82, 2.24) is 9.97 Å². The van der Waals surface area contributed by atoms with Gasteiger partial charge < -0.3 is 10.1 Å². The fraction of sp³-hybridized carbons (Fsp3) is 0.429. The van der Waals surface area contributed by atoms with E-state index in [-0.39, 0.29) is 6.04 Å². The Morgan fingerprint density at radius 1 is 1.37 bits per heavy atom. The third-order valence-electron chi connectivity index (χ3n) is 2.71. The van der Waals surface area contributed by atoms with Crippen LogP contribution in [0.25, 0.3) is 0 Å². The molecule has 0 bridgehead atoms. The number of hydrogen-bond donors (Lipinski definition) is 1. The molecular formula is C14H19N3OS. The molecule has 102 valence electrons. The van der Waals surface area contributed by atoms with Gasteiger partial charge >= 0.3 is 0 Å². The smallest absolute Gasteiger partial charge is 0.169 e. The summed E-state index contributed by atoms with van der Waals surface area (Å²) < 4.78 is 5.56. The van der Waals surface area contributed by atoms with Crippen LogP contribution in [0.4, 0.5) is 5.82 Å². The summed E-state index contributed by atoms with van der Waals surface area (Å²) in [5.74, 6) is 1.55. The van der Waals surface area contributed by atoms with Gasteiger partial charge in [0.25, 0.3) is 0 Å². The van der Waals surface area contributed by atoms with Gasteiger partial charge in [-0.15, -0.1) is 11.3 Å². The molecule has 0 aliphatic heterocycles. The molecule has 0 radical (unpaired) electrons. The number of aromatic nitrogens is 2. The third kappa shape index (κ3) is 3.44. The maximum Gasteiger partial charge on any atom is 0.169 e. The number of rotatable bonds is 6. The van der Waals surface area contributed by atoms with Crippen LogP contribution in [0.15, 0.2) is 24.5 Å². The van der Waals surface area contributed by atoms with Gasteiger partial charge in [-0.2, -0.15) is 0 Å². The van der Waals surface area contributed by atoms with Gasteiger partial charge in [-0.3, -0.25) is 0 Å². The lowest BCUT2D eigenvalue weighted by atomic mass is 10.3. The highest BCUT2D eigenvalue weighted by Gasteiger charge is 2.13. The molecule has 0 aromatic carbocycles. The molecule has 1 atom stereocenters. The highest BCUT2D eigenvalue weighted by Crippen LogP contribution is 2.27. The normalized spacial score (nSPS) is 12.2. The minimum absolute atomic E-state index is 0.124. The van der Waals surface area contributed by atoms with Gasteiger partial charge in [0.15, 0.2) is 11.6 Å². The van der Waals surface area contributed by atoms with E-state index in [9.17, 15) is 0 Å². The molecule has 1 unspecified atom stereocenters. The lowest BCUT2D eigenvalue weighted by molar-refractivity contribution is 0.340. The molecule has 4 nitrogen and oxygen atoms in total. The van der Waals surface area contributed by atoms with E-state index in [0.29, 0.717) is 6.61 Å². The molecule has 2 aromatic heterocycles. The summed E-state index contributed by atoms with van der Waals surface area (Å²) in [6, 6.07) is 3.92. The van der Waals surface area contributed by atoms with Crippen molar-refractivity contribution in [2.45, 2.75) is 33.2 Å². The van der Waals surface area contributed by atoms with Crippen LogP contribution in [0, 0.1) is 0 Å². The van der Waals surface area contributed by atoms with Crippen molar-refractivity contribution in [3.63, 3.8) is 0 Å². The van der Waals surface area contributed by atoms with Crippen LogP contribution in [0.3, 0.4) is 0 Å². The number of pyridine rings is 1. The van der Waals surface area contributed by atoms with Crippen molar-refractivity contribution in [3.05, 3.63) is 34.4 Å². The van der Waals surface area contributed by atoms with E-state index in [1.807, 2.05) is 25.3 Å². The first-order chi connectivity index (χ1) is 9.24. The Kier molecular flexibility index (Phi) is 4.74. The predicted octanol–water partition coefficient (Wildman–Crippen LogP) is 3.67. The topological polar surface area (TPSA) is 47.0 Å². The number of nitrogens with one attached hydrogen (secondary N) is 1. The Hall–Kier alpha value is -1.62. The summed E-state index contributed by atoms with van der Waals surface area (Å²) in [5, 5.41) is 4.43. The van der Waals surface area contributed by atoms with Crippen molar-refractivity contribution in [2.24, 2.45) is 0 Å². The van der Waals surface area contributed by atoms with Gasteiger partial charge in [0.2, 0.25) is 0 Å². The van der Waals surface area contributed by atoms with Crippen LogP contribution in [0.1, 0.15) is 36.7 Å². The van der Waals surface area contributed by atoms with E-state index in [0.717, 1.165) is 23.0 Å². The van der Waals surface area contributed by atoms with Crippen LogP contribution < -0.4 is 10.1 Å². The Balaban J connectivity index is 2.11. The standard InChI is InChI=1S/C14H19N3OS/c1-4-11-9-16-14(19-11)10(3)17-13-12(18-5-2)7-6-8-15-13/h6-10H,4-5H2,1-3H3,(H,15,17). The number of hydrogen-bond acceptors (Lipinski definition) is 5. The summed E-state index contributed by atoms with van der Waals surface area (Å²) in [6.45, 7) is 6.82. The lowest BCUT2D eigenvalue weighted by Gasteiger charge is -2.15. The number of aryl methyl sites for hydroxylation is 1. The van der Waals surface area contributed by atoms with E-state index in [4.69, 9.17) is 4.74 Å². The Labute approximate surface area is 117 Å². The van der Waals surface area contributed by atoms with Crippen molar-refractivity contribution in [3.8, 4) is 5.75 Å². The first-order valence-corrected chi connectivity index (χ1v) is 7.35. The molecule has 0 saturated carbocycles. The summed E-state index contributed by atoms with van der Waals surface area (Å²) in [5.41, 5.74) is 0. The first-order valence-electron chi connectivity index (χ1n) is 6.53. The van der Waals surface area contributed by atoms with E-state index in [1.165, 1.54) is 4.88 Å². The molecule has 0 aliphatic carbocycles. The highest BCUT2D eigenvalue weighted by atomic mass is 32.1. The van der Waals surface area contributed by atoms with Gasteiger partial charge in [0.1, 0.15) is 5.01 Å². The number of ether oxygens (including phenoxy) is 1. The van der Waals surface area contributed by atoms with Crippen LogP contribution >= 0.6 is 11.3 Å². The highest BCUT2D eigenvalue weighted by molar-refractivity contribution is 7.11. The van der Waals surface area contributed by atoms with Gasteiger partial charge in [0.05, 0.1) is 12.6 Å². The Bertz CT molecular complexity index is 527. The molecule has 0 amide bonds. The van der Waals surface area contributed by atoms with Crippen LogP contribution in [-0.2, 0) is 6.42 Å². The summed E-state index contributed by atoms with van der Waals surface area (Å²) in [6.07, 6.45) is 4.73. The molecule has 2 rings (SSSR count). The number of anilines is 1. The van der Waals surface area contributed by atoms with E-state index < -0.39 is 0 Å². The quantitative estimate of drug-likeness (QED) is 0.875. The van der Waals surface area contributed by atoms with E-state index >= 15 is 0 Å². The molecule has 0 fully saturated rings. The number of nitrogens with zero attached hydrogens (tertiary/aromatic N) is 2. The van der Waals surface area contributed by atoms with Crippen molar-refractivity contribution >= 4 is 17.2 Å². The molecule has 0 saturated heterocycles. The largest absolute Gasteiger partial charge is 0.490 e. The Morgan fingerprint density at radius 2 is 2.21 bits per heavy atom. The molecule has 5 heteroatoms. The zero-order valence-corrected chi connectivity index (χ0v) is 12.3. The van der Waals surface area contributed by atoms with Crippen LogP contribution in [0.2, 0.25) is 0 Å². The van der Waals surface area contributed by atoms with Crippen LogP contribution in [-0.4, -0.2) is 16.6 Å². The predicted molar refractivity (Wildman–Crippen MR) is 78.9 cm³/mol. The monoisotopic (exact) mass is 277 g/mol.